The van der Waals surface area contributed by atoms with E-state index < -0.39 is 0 Å². The number of carbonyl (C=O) groups excluding carboxylic acids is 1. The van der Waals surface area contributed by atoms with Crippen LogP contribution in [-0.2, 0) is 11.2 Å². The number of hydrogen-bond acceptors (Lipinski definition) is 2. The molecular weight excluding hydrogens is 355 g/mol. The lowest BCUT2D eigenvalue weighted by molar-refractivity contribution is -0.120. The highest BCUT2D eigenvalue weighted by Crippen LogP contribution is 2.29. The van der Waals surface area contributed by atoms with Gasteiger partial charge < -0.3 is 5.32 Å². The second kappa shape index (κ2) is 8.70. The fourth-order valence-electron chi connectivity index (χ4n) is 3.30. The van der Waals surface area contributed by atoms with Gasteiger partial charge in [0.2, 0.25) is 5.91 Å². The van der Waals surface area contributed by atoms with Gasteiger partial charge in [0, 0.05) is 16.6 Å². The summed E-state index contributed by atoms with van der Waals surface area (Å²) in [7, 11) is 0. The van der Waals surface area contributed by atoms with Crippen molar-refractivity contribution >= 4 is 29.1 Å². The highest BCUT2D eigenvalue weighted by molar-refractivity contribution is 6.31. The van der Waals surface area contributed by atoms with Gasteiger partial charge in [-0.2, -0.15) is 0 Å². The Hall–Kier alpha value is -1.55. The van der Waals surface area contributed by atoms with Gasteiger partial charge in [-0.25, -0.2) is 0 Å². The molecule has 1 heterocycles. The molecule has 1 N–H and O–H groups in total. The van der Waals surface area contributed by atoms with Crippen LogP contribution >= 0.6 is 23.2 Å². The number of nitrogens with zero attached hydrogens (tertiary/aromatic N) is 1. The Morgan fingerprint density at radius 2 is 1.72 bits per heavy atom. The first-order valence-electron chi connectivity index (χ1n) is 8.63. The summed E-state index contributed by atoms with van der Waals surface area (Å²) in [5.74, 6) is 0.0126. The number of benzene rings is 2. The van der Waals surface area contributed by atoms with Crippen molar-refractivity contribution in [3.8, 4) is 0 Å². The van der Waals surface area contributed by atoms with Crippen LogP contribution in [-0.4, -0.2) is 30.4 Å². The van der Waals surface area contributed by atoms with E-state index in [9.17, 15) is 4.79 Å². The van der Waals surface area contributed by atoms with Crippen LogP contribution < -0.4 is 5.32 Å². The minimum absolute atomic E-state index is 0.0126. The van der Waals surface area contributed by atoms with Crippen molar-refractivity contribution in [3.05, 3.63) is 69.7 Å². The highest BCUT2D eigenvalue weighted by atomic mass is 35.5. The van der Waals surface area contributed by atoms with E-state index in [0.717, 1.165) is 29.2 Å². The summed E-state index contributed by atoms with van der Waals surface area (Å²) in [5.41, 5.74) is 2.04. The molecule has 1 saturated heterocycles. The average molecular weight is 377 g/mol. The lowest BCUT2D eigenvalue weighted by atomic mass is 10.0. The fraction of sp³-hybridized carbons (Fsp3) is 0.350. The van der Waals surface area contributed by atoms with E-state index in [1.807, 2.05) is 30.3 Å². The van der Waals surface area contributed by atoms with Crippen LogP contribution in [0.2, 0.25) is 10.0 Å². The van der Waals surface area contributed by atoms with E-state index in [4.69, 9.17) is 23.2 Å². The Morgan fingerprint density at radius 1 is 1.04 bits per heavy atom. The number of nitrogens with one attached hydrogen (secondary N) is 1. The molecule has 0 saturated carbocycles. The molecule has 2 aromatic carbocycles. The van der Waals surface area contributed by atoms with Gasteiger partial charge in [0.05, 0.1) is 12.5 Å². The fourth-order valence-corrected chi connectivity index (χ4v) is 3.68. The lowest BCUT2D eigenvalue weighted by Gasteiger charge is -2.29. The van der Waals surface area contributed by atoms with E-state index in [2.05, 4.69) is 16.3 Å². The van der Waals surface area contributed by atoms with E-state index in [0.29, 0.717) is 18.0 Å². The summed E-state index contributed by atoms with van der Waals surface area (Å²) in [5, 5.41) is 4.51. The quantitative estimate of drug-likeness (QED) is 0.805. The maximum absolute atomic E-state index is 12.3. The van der Waals surface area contributed by atoms with Crippen molar-refractivity contribution in [2.75, 3.05) is 19.6 Å². The molecule has 3 nitrogen and oxygen atoms in total. The Labute approximate surface area is 158 Å². The van der Waals surface area contributed by atoms with Gasteiger partial charge in [-0.1, -0.05) is 53.5 Å². The molecule has 0 aliphatic carbocycles. The van der Waals surface area contributed by atoms with E-state index in [-0.39, 0.29) is 11.9 Å². The molecule has 2 aromatic rings. The van der Waals surface area contributed by atoms with Crippen molar-refractivity contribution in [3.63, 3.8) is 0 Å². The maximum Gasteiger partial charge on any atom is 0.224 e. The van der Waals surface area contributed by atoms with Gasteiger partial charge >= 0.3 is 0 Å². The van der Waals surface area contributed by atoms with Crippen LogP contribution in [0.1, 0.15) is 30.0 Å². The molecule has 132 valence electrons. The molecule has 5 heteroatoms. The van der Waals surface area contributed by atoms with Crippen molar-refractivity contribution in [1.82, 2.24) is 10.2 Å². The molecule has 0 aromatic heterocycles. The molecular formula is C20H22Cl2N2O. The molecule has 1 atom stereocenters. The smallest absolute Gasteiger partial charge is 0.224 e. The number of amides is 1. The summed E-state index contributed by atoms with van der Waals surface area (Å²) in [6.07, 6.45) is 2.74. The summed E-state index contributed by atoms with van der Waals surface area (Å²) in [6, 6.07) is 15.4. The Morgan fingerprint density at radius 3 is 2.40 bits per heavy atom. The van der Waals surface area contributed by atoms with Gasteiger partial charge in [-0.15, -0.1) is 0 Å². The third-order valence-electron chi connectivity index (χ3n) is 4.62. The minimum atomic E-state index is 0.0126. The second-order valence-corrected chi connectivity index (χ2v) is 7.23. The molecule has 1 fully saturated rings. The lowest BCUT2D eigenvalue weighted by Crippen LogP contribution is -2.37. The number of hydrogen-bond donors (Lipinski definition) is 1. The van der Waals surface area contributed by atoms with E-state index in [1.165, 1.54) is 12.8 Å². The first-order chi connectivity index (χ1) is 12.1. The first-order valence-corrected chi connectivity index (χ1v) is 9.38. The average Bonchev–Trinajstić information content (AvgIpc) is 3.13. The topological polar surface area (TPSA) is 32.3 Å². The van der Waals surface area contributed by atoms with Crippen molar-refractivity contribution < 1.29 is 4.79 Å². The first kappa shape index (κ1) is 18.2. The molecule has 0 spiro atoms. The Kier molecular flexibility index (Phi) is 6.35. The Bertz CT molecular complexity index is 712. The molecule has 3 rings (SSSR count). The van der Waals surface area contributed by atoms with Gasteiger partial charge in [0.25, 0.3) is 0 Å². The normalized spacial score (nSPS) is 15.9. The van der Waals surface area contributed by atoms with Gasteiger partial charge in [-0.3, -0.25) is 9.69 Å². The maximum atomic E-state index is 12.3. The molecule has 1 aliphatic heterocycles. The summed E-state index contributed by atoms with van der Waals surface area (Å²) in [4.78, 5) is 14.7. The molecule has 0 bridgehead atoms. The predicted molar refractivity (Wildman–Crippen MR) is 103 cm³/mol. The zero-order valence-corrected chi connectivity index (χ0v) is 15.6. The minimum Gasteiger partial charge on any atom is -0.354 e. The van der Waals surface area contributed by atoms with Crippen LogP contribution in [0.25, 0.3) is 0 Å². The van der Waals surface area contributed by atoms with Crippen molar-refractivity contribution in [2.24, 2.45) is 0 Å². The zero-order valence-electron chi connectivity index (χ0n) is 14.1. The number of carbonyl (C=O) groups is 1. The SMILES string of the molecule is O=C(Cc1ccc(Cl)cc1)NCC(c1ccccc1Cl)N1CCCC1. The number of rotatable bonds is 6. The number of likely N-dealkylation sites (tertiary alicyclic amines) is 1. The van der Waals surface area contributed by atoms with E-state index in [1.54, 1.807) is 12.1 Å². The third kappa shape index (κ3) is 4.97. The van der Waals surface area contributed by atoms with Crippen LogP contribution in [0.5, 0.6) is 0 Å². The predicted octanol–water partition coefficient (Wildman–Crippen LogP) is 4.49. The number of halogens is 2. The molecule has 25 heavy (non-hydrogen) atoms. The molecule has 1 amide bonds. The van der Waals surface area contributed by atoms with Crippen molar-refractivity contribution in [1.29, 1.82) is 0 Å². The van der Waals surface area contributed by atoms with Gasteiger partial charge in [0.1, 0.15) is 0 Å². The highest BCUT2D eigenvalue weighted by Gasteiger charge is 2.25. The summed E-state index contributed by atoms with van der Waals surface area (Å²) in [6.45, 7) is 2.65. The molecule has 1 aliphatic rings. The largest absolute Gasteiger partial charge is 0.354 e. The standard InChI is InChI=1S/C20H22Cl2N2O/c21-16-9-7-15(8-10-16)13-20(25)23-14-19(24-11-3-4-12-24)17-5-1-2-6-18(17)22/h1-2,5-10,19H,3-4,11-14H2,(H,23,25). The van der Waals surface area contributed by atoms with Crippen molar-refractivity contribution in [2.45, 2.75) is 25.3 Å². The van der Waals surface area contributed by atoms with Crippen LogP contribution in [0.4, 0.5) is 0 Å². The monoisotopic (exact) mass is 376 g/mol. The molecule has 1 unspecified atom stereocenters. The van der Waals surface area contributed by atoms with Crippen LogP contribution in [0.15, 0.2) is 48.5 Å². The summed E-state index contributed by atoms with van der Waals surface area (Å²) >= 11 is 12.3. The van der Waals surface area contributed by atoms with E-state index >= 15 is 0 Å². The molecule has 0 radical (unpaired) electrons. The third-order valence-corrected chi connectivity index (χ3v) is 5.21. The second-order valence-electron chi connectivity index (χ2n) is 6.39. The summed E-state index contributed by atoms with van der Waals surface area (Å²) < 4.78 is 0. The Balaban J connectivity index is 1.65. The van der Waals surface area contributed by atoms with Gasteiger partial charge in [0.15, 0.2) is 0 Å². The zero-order chi connectivity index (χ0) is 17.6. The van der Waals surface area contributed by atoms with Gasteiger partial charge in [-0.05, 0) is 55.3 Å². The van der Waals surface area contributed by atoms with Crippen LogP contribution in [0.3, 0.4) is 0 Å². The van der Waals surface area contributed by atoms with Crippen LogP contribution in [0, 0.1) is 0 Å².